The van der Waals surface area contributed by atoms with Gasteiger partial charge in [0.25, 0.3) is 0 Å². The molecule has 1 N–H and O–H groups in total. The van der Waals surface area contributed by atoms with Crippen molar-refractivity contribution in [2.45, 2.75) is 19.5 Å². The molecule has 0 amide bonds. The molecule has 0 aliphatic rings. The van der Waals surface area contributed by atoms with E-state index in [1.807, 2.05) is 0 Å². The normalized spacial score (nSPS) is 13.1. The summed E-state index contributed by atoms with van der Waals surface area (Å²) in [4.78, 5) is 21.3. The van der Waals surface area contributed by atoms with Gasteiger partial charge >= 0.3 is 12.1 Å². The number of carbonyl (C=O) groups excluding carboxylic acids is 1. The molecule has 0 fully saturated rings. The minimum atomic E-state index is -4.71. The van der Waals surface area contributed by atoms with Gasteiger partial charge in [0.1, 0.15) is 6.29 Å². The van der Waals surface area contributed by atoms with Gasteiger partial charge in [0.05, 0.1) is 11.1 Å². The smallest absolute Gasteiger partial charge is 0.417 e. The molecule has 98 valence electrons. The van der Waals surface area contributed by atoms with Crippen molar-refractivity contribution in [3.63, 3.8) is 0 Å². The summed E-state index contributed by atoms with van der Waals surface area (Å²) in [6, 6.07) is 2.89. The van der Waals surface area contributed by atoms with E-state index in [2.05, 4.69) is 0 Å². The van der Waals surface area contributed by atoms with Gasteiger partial charge in [0.2, 0.25) is 0 Å². The molecule has 0 spiro atoms. The lowest BCUT2D eigenvalue weighted by molar-refractivity contribution is -0.138. The second-order valence-electron chi connectivity index (χ2n) is 4.00. The largest absolute Gasteiger partial charge is 0.478 e. The van der Waals surface area contributed by atoms with Crippen LogP contribution in [0.15, 0.2) is 18.2 Å². The lowest BCUT2D eigenvalue weighted by Gasteiger charge is -2.12. The molecular weight excluding hydrogens is 249 g/mol. The topological polar surface area (TPSA) is 54.4 Å². The van der Waals surface area contributed by atoms with E-state index in [0.29, 0.717) is 11.8 Å². The van der Waals surface area contributed by atoms with Gasteiger partial charge in [0, 0.05) is 5.92 Å². The van der Waals surface area contributed by atoms with Crippen molar-refractivity contribution in [2.75, 3.05) is 0 Å². The zero-order chi connectivity index (χ0) is 13.9. The first kappa shape index (κ1) is 14.2. The molecule has 0 aliphatic heterocycles. The Kier molecular flexibility index (Phi) is 4.11. The van der Waals surface area contributed by atoms with Crippen LogP contribution in [0.25, 0.3) is 0 Å². The molecule has 3 nitrogen and oxygen atoms in total. The minimum absolute atomic E-state index is 0.210. The summed E-state index contributed by atoms with van der Waals surface area (Å²) >= 11 is 0. The predicted octanol–water partition coefficient (Wildman–Crippen LogP) is 2.78. The molecule has 6 heteroatoms. The Morgan fingerprint density at radius 3 is 2.50 bits per heavy atom. The number of aldehydes is 1. The van der Waals surface area contributed by atoms with E-state index < -0.39 is 23.3 Å². The van der Waals surface area contributed by atoms with Crippen LogP contribution in [-0.4, -0.2) is 17.4 Å². The van der Waals surface area contributed by atoms with Crippen LogP contribution in [0, 0.1) is 5.92 Å². The highest BCUT2D eigenvalue weighted by Crippen LogP contribution is 2.32. The maximum Gasteiger partial charge on any atom is 0.417 e. The third kappa shape index (κ3) is 3.32. The van der Waals surface area contributed by atoms with E-state index in [0.717, 1.165) is 12.1 Å². The van der Waals surface area contributed by atoms with Crippen molar-refractivity contribution in [3.8, 4) is 0 Å². The molecular formula is C12H11F3O3. The van der Waals surface area contributed by atoms with Crippen LogP contribution in [0.4, 0.5) is 13.2 Å². The number of rotatable bonds is 4. The highest BCUT2D eigenvalue weighted by molar-refractivity contribution is 5.89. The second-order valence-corrected chi connectivity index (χ2v) is 4.00. The molecule has 0 heterocycles. The number of halogens is 3. The predicted molar refractivity (Wildman–Crippen MR) is 57.3 cm³/mol. The fourth-order valence-electron chi connectivity index (χ4n) is 1.56. The van der Waals surface area contributed by atoms with Crippen molar-refractivity contribution in [3.05, 3.63) is 34.9 Å². The monoisotopic (exact) mass is 260 g/mol. The van der Waals surface area contributed by atoms with Crippen molar-refractivity contribution in [1.29, 1.82) is 0 Å². The third-order valence-corrected chi connectivity index (χ3v) is 2.41. The van der Waals surface area contributed by atoms with E-state index in [-0.39, 0.29) is 12.3 Å². The average Bonchev–Trinajstić information content (AvgIpc) is 2.27. The molecule has 1 unspecified atom stereocenters. The Labute approximate surface area is 101 Å². The van der Waals surface area contributed by atoms with Crippen LogP contribution in [0.5, 0.6) is 0 Å². The second kappa shape index (κ2) is 5.20. The first-order valence-electron chi connectivity index (χ1n) is 5.14. The fraction of sp³-hybridized carbons (Fsp3) is 0.333. The number of benzene rings is 1. The fourth-order valence-corrected chi connectivity index (χ4v) is 1.56. The molecule has 1 rings (SSSR count). The summed E-state index contributed by atoms with van der Waals surface area (Å²) in [7, 11) is 0. The Bertz CT molecular complexity index is 466. The molecule has 0 aromatic heterocycles. The van der Waals surface area contributed by atoms with E-state index in [1.54, 1.807) is 6.92 Å². The lowest BCUT2D eigenvalue weighted by atomic mass is 9.97. The first-order valence-corrected chi connectivity index (χ1v) is 5.14. The molecule has 0 saturated carbocycles. The van der Waals surface area contributed by atoms with Gasteiger partial charge in [-0.1, -0.05) is 13.0 Å². The molecule has 0 aliphatic carbocycles. The number of aromatic carboxylic acids is 1. The van der Waals surface area contributed by atoms with E-state index in [9.17, 15) is 22.8 Å². The maximum atomic E-state index is 12.5. The number of carboxylic acids is 1. The number of hydrogen-bond acceptors (Lipinski definition) is 2. The molecule has 1 aromatic rings. The van der Waals surface area contributed by atoms with Crippen LogP contribution in [0.2, 0.25) is 0 Å². The third-order valence-electron chi connectivity index (χ3n) is 2.41. The van der Waals surface area contributed by atoms with Gasteiger partial charge in [-0.25, -0.2) is 4.79 Å². The molecule has 0 bridgehead atoms. The SMILES string of the molecule is CC(C=O)Cc1ccc(C(F)(F)F)c(C(=O)O)c1. The summed E-state index contributed by atoms with van der Waals surface area (Å²) < 4.78 is 37.6. The zero-order valence-electron chi connectivity index (χ0n) is 9.49. The lowest BCUT2D eigenvalue weighted by Crippen LogP contribution is -2.14. The number of carbonyl (C=O) groups is 2. The van der Waals surface area contributed by atoms with Crippen LogP contribution in [-0.2, 0) is 17.4 Å². The zero-order valence-corrected chi connectivity index (χ0v) is 9.49. The van der Waals surface area contributed by atoms with Crippen LogP contribution < -0.4 is 0 Å². The summed E-state index contributed by atoms with van der Waals surface area (Å²) in [6.07, 6.45) is -3.83. The van der Waals surface area contributed by atoms with Gasteiger partial charge in [0.15, 0.2) is 0 Å². The van der Waals surface area contributed by atoms with Gasteiger partial charge in [-0.15, -0.1) is 0 Å². The average molecular weight is 260 g/mol. The van der Waals surface area contributed by atoms with Crippen LogP contribution in [0.3, 0.4) is 0 Å². The van der Waals surface area contributed by atoms with Crippen LogP contribution >= 0.6 is 0 Å². The highest BCUT2D eigenvalue weighted by atomic mass is 19.4. The summed E-state index contributed by atoms with van der Waals surface area (Å²) in [5, 5.41) is 8.78. The number of carboxylic acid groups (broad SMARTS) is 1. The van der Waals surface area contributed by atoms with E-state index in [1.165, 1.54) is 6.07 Å². The summed E-state index contributed by atoms with van der Waals surface area (Å²) in [5.74, 6) is -2.01. The van der Waals surface area contributed by atoms with Gasteiger partial charge < -0.3 is 9.90 Å². The van der Waals surface area contributed by atoms with Crippen molar-refractivity contribution in [1.82, 2.24) is 0 Å². The first-order chi connectivity index (χ1) is 8.25. The molecule has 0 radical (unpaired) electrons. The molecule has 18 heavy (non-hydrogen) atoms. The summed E-state index contributed by atoms with van der Waals surface area (Å²) in [6.45, 7) is 1.60. The number of hydrogen-bond donors (Lipinski definition) is 1. The summed E-state index contributed by atoms with van der Waals surface area (Å²) in [5.41, 5.74) is -1.59. The molecule has 1 aromatic carbocycles. The Hall–Kier alpha value is -1.85. The van der Waals surface area contributed by atoms with E-state index in [4.69, 9.17) is 5.11 Å². The van der Waals surface area contributed by atoms with E-state index >= 15 is 0 Å². The molecule has 0 saturated heterocycles. The quantitative estimate of drug-likeness (QED) is 0.847. The Morgan fingerprint density at radius 1 is 1.44 bits per heavy atom. The Balaban J connectivity index is 3.20. The Morgan fingerprint density at radius 2 is 2.06 bits per heavy atom. The van der Waals surface area contributed by atoms with Gasteiger partial charge in [-0.3, -0.25) is 0 Å². The van der Waals surface area contributed by atoms with Gasteiger partial charge in [-0.2, -0.15) is 13.2 Å². The minimum Gasteiger partial charge on any atom is -0.478 e. The van der Waals surface area contributed by atoms with Crippen molar-refractivity contribution in [2.24, 2.45) is 5.92 Å². The van der Waals surface area contributed by atoms with Crippen molar-refractivity contribution >= 4 is 12.3 Å². The van der Waals surface area contributed by atoms with Crippen molar-refractivity contribution < 1.29 is 27.9 Å². The van der Waals surface area contributed by atoms with Gasteiger partial charge in [-0.05, 0) is 24.1 Å². The maximum absolute atomic E-state index is 12.5. The standard InChI is InChI=1S/C12H11F3O3/c1-7(6-16)4-8-2-3-10(12(13,14)15)9(5-8)11(17)18/h2-3,5-7H,4H2,1H3,(H,17,18). The van der Waals surface area contributed by atoms with Crippen LogP contribution in [0.1, 0.15) is 28.4 Å². The molecule has 1 atom stereocenters. The number of alkyl halides is 3. The highest BCUT2D eigenvalue weighted by Gasteiger charge is 2.35.